The van der Waals surface area contributed by atoms with Gasteiger partial charge < -0.3 is 10.6 Å². The van der Waals surface area contributed by atoms with Crippen molar-refractivity contribution in [3.63, 3.8) is 0 Å². The molecule has 1 saturated carbocycles. The Kier molecular flexibility index (Phi) is 6.73. The highest BCUT2D eigenvalue weighted by Crippen LogP contribution is 2.43. The molecule has 5 nitrogen and oxygen atoms in total. The lowest BCUT2D eigenvalue weighted by Crippen LogP contribution is -2.42. The second kappa shape index (κ2) is 9.24. The number of sulfone groups is 1. The normalized spacial score (nSPS) is 16.2. The van der Waals surface area contributed by atoms with Gasteiger partial charge >= 0.3 is 0 Å². The van der Waals surface area contributed by atoms with E-state index in [1.54, 1.807) is 24.3 Å². The zero-order chi connectivity index (χ0) is 19.9. The summed E-state index contributed by atoms with van der Waals surface area (Å²) in [5, 5.41) is 6.40. The van der Waals surface area contributed by atoms with E-state index in [4.69, 9.17) is 4.99 Å². The van der Waals surface area contributed by atoms with Crippen molar-refractivity contribution in [1.29, 1.82) is 0 Å². The number of hydrogen-bond donors (Lipinski definition) is 2. The van der Waals surface area contributed by atoms with Crippen molar-refractivity contribution in [2.75, 3.05) is 25.4 Å². The maximum atomic E-state index is 12.4. The van der Waals surface area contributed by atoms with Crippen LogP contribution in [-0.4, -0.2) is 39.8 Å². The molecule has 0 spiro atoms. The predicted molar refractivity (Wildman–Crippen MR) is 114 cm³/mol. The molecule has 0 aliphatic heterocycles. The van der Waals surface area contributed by atoms with E-state index < -0.39 is 9.84 Å². The van der Waals surface area contributed by atoms with E-state index in [9.17, 15) is 8.42 Å². The lowest BCUT2D eigenvalue weighted by molar-refractivity contribution is 0.253. The number of nitrogens with one attached hydrogen (secondary N) is 2. The fourth-order valence-electron chi connectivity index (χ4n) is 3.55. The van der Waals surface area contributed by atoms with E-state index in [0.717, 1.165) is 19.4 Å². The second-order valence-electron chi connectivity index (χ2n) is 7.25. The zero-order valence-electron chi connectivity index (χ0n) is 16.4. The summed E-state index contributed by atoms with van der Waals surface area (Å²) in [4.78, 5) is 5.13. The molecule has 1 aliphatic carbocycles. The van der Waals surface area contributed by atoms with Crippen LogP contribution in [0.25, 0.3) is 0 Å². The standard InChI is InChI=1S/C22H29N3O2S/c1-2-23-21(24-16-17-28(26,27)20-12-7-4-8-13-20)25-18-22(14-9-15-22)19-10-5-3-6-11-19/h3-8,10-13H,2,9,14-18H2,1H3,(H2,23,24,25). The summed E-state index contributed by atoms with van der Waals surface area (Å²) >= 11 is 0. The van der Waals surface area contributed by atoms with Crippen molar-refractivity contribution in [2.45, 2.75) is 36.5 Å². The summed E-state index contributed by atoms with van der Waals surface area (Å²) < 4.78 is 24.9. The first-order valence-electron chi connectivity index (χ1n) is 9.91. The van der Waals surface area contributed by atoms with Crippen molar-refractivity contribution in [3.05, 3.63) is 66.2 Å². The third-order valence-electron chi connectivity index (χ3n) is 5.35. The Morgan fingerprint density at radius 3 is 2.21 bits per heavy atom. The quantitative estimate of drug-likeness (QED) is 0.528. The topological polar surface area (TPSA) is 70.6 Å². The summed E-state index contributed by atoms with van der Waals surface area (Å²) in [5.41, 5.74) is 1.45. The summed E-state index contributed by atoms with van der Waals surface area (Å²) in [7, 11) is -3.30. The molecule has 150 valence electrons. The molecule has 2 N–H and O–H groups in total. The fourth-order valence-corrected chi connectivity index (χ4v) is 4.73. The minimum absolute atomic E-state index is 0.0330. The van der Waals surface area contributed by atoms with Gasteiger partial charge in [-0.3, -0.25) is 4.99 Å². The monoisotopic (exact) mass is 399 g/mol. The zero-order valence-corrected chi connectivity index (χ0v) is 17.2. The van der Waals surface area contributed by atoms with Gasteiger partial charge in [-0.1, -0.05) is 55.0 Å². The SMILES string of the molecule is CCNC(=NCC1(c2ccccc2)CCC1)NCCS(=O)(=O)c1ccccc1. The maximum Gasteiger partial charge on any atom is 0.191 e. The minimum atomic E-state index is -3.30. The van der Waals surface area contributed by atoms with Gasteiger partial charge in [0.05, 0.1) is 17.2 Å². The molecule has 0 unspecified atom stereocenters. The molecule has 0 heterocycles. The molecule has 0 atom stereocenters. The molecule has 0 bridgehead atoms. The molecule has 0 saturated heterocycles. The van der Waals surface area contributed by atoms with Crippen LogP contribution in [0.5, 0.6) is 0 Å². The number of rotatable bonds is 8. The van der Waals surface area contributed by atoms with Crippen molar-refractivity contribution in [3.8, 4) is 0 Å². The van der Waals surface area contributed by atoms with Gasteiger partial charge in [0.25, 0.3) is 0 Å². The minimum Gasteiger partial charge on any atom is -0.357 e. The largest absolute Gasteiger partial charge is 0.357 e. The maximum absolute atomic E-state index is 12.4. The van der Waals surface area contributed by atoms with E-state index >= 15 is 0 Å². The van der Waals surface area contributed by atoms with Gasteiger partial charge in [-0.2, -0.15) is 0 Å². The van der Waals surface area contributed by atoms with Crippen LogP contribution < -0.4 is 10.6 Å². The molecule has 1 fully saturated rings. The van der Waals surface area contributed by atoms with Crippen molar-refractivity contribution in [1.82, 2.24) is 10.6 Å². The number of hydrogen-bond acceptors (Lipinski definition) is 3. The van der Waals surface area contributed by atoms with Crippen LogP contribution in [0.2, 0.25) is 0 Å². The molecule has 2 aromatic rings. The number of aliphatic imine (C=N–C) groups is 1. The highest BCUT2D eigenvalue weighted by Gasteiger charge is 2.38. The van der Waals surface area contributed by atoms with E-state index in [2.05, 4.69) is 34.9 Å². The number of nitrogens with zero attached hydrogens (tertiary/aromatic N) is 1. The third kappa shape index (κ3) is 4.93. The van der Waals surface area contributed by atoms with Crippen molar-refractivity contribution < 1.29 is 8.42 Å². The Morgan fingerprint density at radius 1 is 1.00 bits per heavy atom. The predicted octanol–water partition coefficient (Wildman–Crippen LogP) is 3.14. The van der Waals surface area contributed by atoms with Crippen LogP contribution in [0.1, 0.15) is 31.7 Å². The summed E-state index contributed by atoms with van der Waals surface area (Å²) in [6.07, 6.45) is 3.51. The van der Waals surface area contributed by atoms with Crippen LogP contribution >= 0.6 is 0 Å². The Labute approximate surface area is 168 Å². The molecule has 0 radical (unpaired) electrons. The Morgan fingerprint density at radius 2 is 1.64 bits per heavy atom. The van der Waals surface area contributed by atoms with Crippen LogP contribution in [0.4, 0.5) is 0 Å². The first-order chi connectivity index (χ1) is 13.6. The lowest BCUT2D eigenvalue weighted by Gasteiger charge is -2.41. The smallest absolute Gasteiger partial charge is 0.191 e. The van der Waals surface area contributed by atoms with Gasteiger partial charge in [-0.15, -0.1) is 0 Å². The average Bonchev–Trinajstić information content (AvgIpc) is 2.68. The van der Waals surface area contributed by atoms with Gasteiger partial charge in [0.1, 0.15) is 0 Å². The van der Waals surface area contributed by atoms with Gasteiger partial charge in [0.15, 0.2) is 15.8 Å². The Balaban J connectivity index is 1.62. The van der Waals surface area contributed by atoms with Crippen LogP contribution in [0.15, 0.2) is 70.6 Å². The molecule has 0 amide bonds. The second-order valence-corrected chi connectivity index (χ2v) is 9.36. The lowest BCUT2D eigenvalue weighted by atomic mass is 9.64. The van der Waals surface area contributed by atoms with Crippen molar-refractivity contribution >= 4 is 15.8 Å². The van der Waals surface area contributed by atoms with Crippen LogP contribution in [-0.2, 0) is 15.3 Å². The first kappa shape index (κ1) is 20.4. The first-order valence-corrected chi connectivity index (χ1v) is 11.6. The highest BCUT2D eigenvalue weighted by atomic mass is 32.2. The fraction of sp³-hybridized carbons (Fsp3) is 0.409. The summed E-state index contributed by atoms with van der Waals surface area (Å²) in [5.74, 6) is 0.707. The van der Waals surface area contributed by atoms with Crippen LogP contribution in [0.3, 0.4) is 0 Å². The Hall–Kier alpha value is -2.34. The van der Waals surface area contributed by atoms with E-state index in [0.29, 0.717) is 23.9 Å². The molecule has 0 aromatic heterocycles. The molecule has 6 heteroatoms. The molecular formula is C22H29N3O2S. The van der Waals surface area contributed by atoms with E-state index in [-0.39, 0.29) is 11.2 Å². The molecular weight excluding hydrogens is 370 g/mol. The van der Waals surface area contributed by atoms with Crippen molar-refractivity contribution in [2.24, 2.45) is 4.99 Å². The molecule has 2 aromatic carbocycles. The van der Waals surface area contributed by atoms with Gasteiger partial charge in [0.2, 0.25) is 0 Å². The van der Waals surface area contributed by atoms with Crippen LogP contribution in [0, 0.1) is 0 Å². The van der Waals surface area contributed by atoms with Gasteiger partial charge in [0, 0.05) is 18.5 Å². The molecule has 3 rings (SSSR count). The summed E-state index contributed by atoms with van der Waals surface area (Å²) in [6, 6.07) is 19.1. The Bertz CT molecular complexity index is 877. The van der Waals surface area contributed by atoms with Gasteiger partial charge in [-0.05, 0) is 37.5 Å². The van der Waals surface area contributed by atoms with Gasteiger partial charge in [-0.25, -0.2) is 8.42 Å². The summed E-state index contributed by atoms with van der Waals surface area (Å²) in [6.45, 7) is 3.77. The average molecular weight is 400 g/mol. The number of guanidine groups is 1. The third-order valence-corrected chi connectivity index (χ3v) is 7.08. The molecule has 1 aliphatic rings. The number of benzene rings is 2. The van der Waals surface area contributed by atoms with E-state index in [1.165, 1.54) is 12.0 Å². The molecule has 28 heavy (non-hydrogen) atoms. The van der Waals surface area contributed by atoms with E-state index in [1.807, 2.05) is 19.1 Å². The highest BCUT2D eigenvalue weighted by molar-refractivity contribution is 7.91.